The van der Waals surface area contributed by atoms with Gasteiger partial charge in [0.2, 0.25) is 0 Å². The molecule has 10 rings (SSSR count). The van der Waals surface area contributed by atoms with E-state index in [1.807, 2.05) is 140 Å². The summed E-state index contributed by atoms with van der Waals surface area (Å²) in [6, 6.07) is 57.6. The summed E-state index contributed by atoms with van der Waals surface area (Å²) in [6.45, 7) is 17.5. The minimum Gasteiger partial charge on any atom is -0.308 e. The zero-order valence-electron chi connectivity index (χ0n) is 35.1. The molecule has 2 aromatic heterocycles. The van der Waals surface area contributed by atoms with E-state index in [9.17, 15) is 18.4 Å². The number of nitriles is 1. The number of benzene rings is 8. The predicted octanol–water partition coefficient (Wildman–Crippen LogP) is 15.9. The molecule has 0 atom stereocenters. The van der Waals surface area contributed by atoms with E-state index in [4.69, 9.17) is 23.1 Å². The van der Waals surface area contributed by atoms with Crippen LogP contribution >= 0.6 is 0 Å². The van der Waals surface area contributed by atoms with Crippen LogP contribution in [-0.2, 0) is 6.18 Å². The lowest BCUT2D eigenvalue weighted by Gasteiger charge is -2.22. The first-order chi connectivity index (χ1) is 32.1. The molecule has 6 nitrogen and oxygen atoms in total. The fourth-order valence-electron chi connectivity index (χ4n) is 8.73. The fourth-order valence-corrected chi connectivity index (χ4v) is 8.73. The predicted molar refractivity (Wildman–Crippen MR) is 256 cm³/mol. The quantitative estimate of drug-likeness (QED) is 0.150. The van der Waals surface area contributed by atoms with Crippen LogP contribution in [0.25, 0.3) is 104 Å². The molecule has 0 fully saturated rings. The van der Waals surface area contributed by atoms with E-state index in [-0.39, 0.29) is 16.9 Å². The average Bonchev–Trinajstić information content (AvgIpc) is 3.68. The van der Waals surface area contributed by atoms with Crippen LogP contribution in [0.5, 0.6) is 0 Å². The SMILES string of the molecule is [C-]#[N+]c1cc(C#N)c(-c2ccc3c(c2)c2ccccc2n3-c2c(-c3cccc(C)c3)cc(-c3cc(-c4ccccc4)nc(-c4ccccc4)n3)cc2-c2cccc(C(F)(F)F)c2)c([N+]#[C-])c1. The third-order valence-corrected chi connectivity index (χ3v) is 11.7. The Kier molecular flexibility index (Phi) is 10.3. The zero-order chi connectivity index (χ0) is 45.5. The second kappa shape index (κ2) is 16.5. The molecule has 66 heavy (non-hydrogen) atoms. The minimum atomic E-state index is -4.61. The number of aromatic nitrogens is 3. The third-order valence-electron chi connectivity index (χ3n) is 11.7. The van der Waals surface area contributed by atoms with Crippen molar-refractivity contribution in [3.8, 4) is 79.0 Å². The zero-order valence-corrected chi connectivity index (χ0v) is 35.1. The van der Waals surface area contributed by atoms with Crippen molar-refractivity contribution in [2.75, 3.05) is 0 Å². The molecule has 0 radical (unpaired) electrons. The van der Waals surface area contributed by atoms with Crippen LogP contribution in [0, 0.1) is 31.4 Å². The molecule has 0 spiro atoms. The Morgan fingerprint density at radius 2 is 1.17 bits per heavy atom. The van der Waals surface area contributed by atoms with Gasteiger partial charge >= 0.3 is 6.18 Å². The molecule has 0 aliphatic rings. The number of hydrogen-bond acceptors (Lipinski definition) is 3. The highest BCUT2D eigenvalue weighted by atomic mass is 19.4. The maximum absolute atomic E-state index is 14.7. The van der Waals surface area contributed by atoms with Crippen LogP contribution in [-0.4, -0.2) is 14.5 Å². The lowest BCUT2D eigenvalue weighted by Crippen LogP contribution is -2.06. The van der Waals surface area contributed by atoms with Crippen molar-refractivity contribution in [3.05, 3.63) is 222 Å². The molecule has 0 N–H and O–H groups in total. The van der Waals surface area contributed by atoms with Gasteiger partial charge in [-0.15, -0.1) is 0 Å². The van der Waals surface area contributed by atoms with Crippen molar-refractivity contribution >= 4 is 33.2 Å². The van der Waals surface area contributed by atoms with Crippen molar-refractivity contribution in [2.24, 2.45) is 0 Å². The van der Waals surface area contributed by atoms with E-state index < -0.39 is 11.7 Å². The van der Waals surface area contributed by atoms with Gasteiger partial charge in [0.15, 0.2) is 17.2 Å². The van der Waals surface area contributed by atoms with Gasteiger partial charge in [0, 0.05) is 49.7 Å². The lowest BCUT2D eigenvalue weighted by molar-refractivity contribution is -0.137. The minimum absolute atomic E-state index is 0.183. The number of aryl methyl sites for hydroxylation is 1. The van der Waals surface area contributed by atoms with Gasteiger partial charge in [0.25, 0.3) is 0 Å². The number of halogens is 3. The van der Waals surface area contributed by atoms with Crippen molar-refractivity contribution < 1.29 is 13.2 Å². The molecule has 9 heteroatoms. The molecule has 0 saturated carbocycles. The molecule has 2 heterocycles. The molecule has 0 saturated heterocycles. The molecule has 8 aromatic carbocycles. The van der Waals surface area contributed by atoms with E-state index in [2.05, 4.69) is 32.5 Å². The summed E-state index contributed by atoms with van der Waals surface area (Å²) < 4.78 is 46.1. The third kappa shape index (κ3) is 7.39. The Labute approximate surface area is 378 Å². The molecule has 0 aliphatic heterocycles. The van der Waals surface area contributed by atoms with Crippen molar-refractivity contribution in [3.63, 3.8) is 0 Å². The Balaban J connectivity index is 1.33. The summed E-state index contributed by atoms with van der Waals surface area (Å²) in [7, 11) is 0. The van der Waals surface area contributed by atoms with Crippen LogP contribution in [0.3, 0.4) is 0 Å². The van der Waals surface area contributed by atoms with Gasteiger partial charge in [-0.25, -0.2) is 19.7 Å². The summed E-state index contributed by atoms with van der Waals surface area (Å²) in [5.41, 5.74) is 10.1. The number of para-hydroxylation sites is 1. The standard InChI is InChI=1S/C57H33F3N6/c1-35-14-12-19-38(26-35)46-30-41(50-33-49(36-15-6-4-7-16-36)64-56(65-50)37-17-8-5-9-18-37)31-47(39-20-13-21-43(27-39)57(58,59)60)55(46)66-52-23-11-10-22-45(52)48-29-40(24-25-53(48)66)54-42(34-61)28-44(62-2)32-51(54)63-3/h4-33H,1H3. The van der Waals surface area contributed by atoms with Gasteiger partial charge in [-0.1, -0.05) is 133 Å². The van der Waals surface area contributed by atoms with Crippen molar-refractivity contribution in [1.82, 2.24) is 14.5 Å². The molecule has 0 bridgehead atoms. The van der Waals surface area contributed by atoms with Gasteiger partial charge in [-0.2, -0.15) is 18.4 Å². The van der Waals surface area contributed by atoms with Gasteiger partial charge in [-0.05, 0) is 78.2 Å². The van der Waals surface area contributed by atoms with Crippen LogP contribution in [0.4, 0.5) is 24.5 Å². The van der Waals surface area contributed by atoms with E-state index in [0.717, 1.165) is 55.7 Å². The van der Waals surface area contributed by atoms with Gasteiger partial charge in [0.05, 0.1) is 52.9 Å². The fraction of sp³-hybridized carbons (Fsp3) is 0.0351. The molecule has 312 valence electrons. The monoisotopic (exact) mass is 858 g/mol. The number of fused-ring (bicyclic) bond motifs is 3. The summed E-state index contributed by atoms with van der Waals surface area (Å²) in [5.74, 6) is 0.497. The molecular weight excluding hydrogens is 826 g/mol. The molecule has 0 aliphatic carbocycles. The van der Waals surface area contributed by atoms with Gasteiger partial charge < -0.3 is 4.57 Å². The number of hydrogen-bond donors (Lipinski definition) is 0. The summed E-state index contributed by atoms with van der Waals surface area (Å²) in [5, 5.41) is 11.9. The smallest absolute Gasteiger partial charge is 0.308 e. The van der Waals surface area contributed by atoms with E-state index >= 15 is 0 Å². The Hall–Kier alpha value is -9.10. The van der Waals surface area contributed by atoms with E-state index in [1.165, 1.54) is 24.3 Å². The van der Waals surface area contributed by atoms with Crippen molar-refractivity contribution in [1.29, 1.82) is 5.26 Å². The molecule has 0 amide bonds. The van der Waals surface area contributed by atoms with Crippen LogP contribution < -0.4 is 0 Å². The van der Waals surface area contributed by atoms with Gasteiger partial charge in [0.1, 0.15) is 0 Å². The normalized spacial score (nSPS) is 11.3. The molecular formula is C57H33F3N6. The Morgan fingerprint density at radius 3 is 1.83 bits per heavy atom. The maximum Gasteiger partial charge on any atom is 0.416 e. The van der Waals surface area contributed by atoms with Crippen LogP contribution in [0.1, 0.15) is 16.7 Å². The lowest BCUT2D eigenvalue weighted by atomic mass is 9.90. The molecule has 10 aromatic rings. The first-order valence-electron chi connectivity index (χ1n) is 20.9. The highest BCUT2D eigenvalue weighted by molar-refractivity contribution is 6.12. The van der Waals surface area contributed by atoms with Gasteiger partial charge in [-0.3, -0.25) is 0 Å². The van der Waals surface area contributed by atoms with E-state index in [1.54, 1.807) is 6.07 Å². The summed E-state index contributed by atoms with van der Waals surface area (Å²) in [6.07, 6.45) is -4.61. The Morgan fingerprint density at radius 1 is 0.545 bits per heavy atom. The molecule has 0 unspecified atom stereocenters. The van der Waals surface area contributed by atoms with Crippen LogP contribution in [0.15, 0.2) is 182 Å². The van der Waals surface area contributed by atoms with Crippen LogP contribution in [0.2, 0.25) is 0 Å². The highest BCUT2D eigenvalue weighted by Crippen LogP contribution is 2.47. The first-order valence-corrected chi connectivity index (χ1v) is 20.9. The second-order valence-electron chi connectivity index (χ2n) is 15.9. The summed E-state index contributed by atoms with van der Waals surface area (Å²) >= 11 is 0. The van der Waals surface area contributed by atoms with Crippen molar-refractivity contribution in [2.45, 2.75) is 13.1 Å². The largest absolute Gasteiger partial charge is 0.416 e. The number of alkyl halides is 3. The second-order valence-corrected chi connectivity index (χ2v) is 15.9. The number of nitrogens with zero attached hydrogens (tertiary/aromatic N) is 6. The highest BCUT2D eigenvalue weighted by Gasteiger charge is 2.31. The maximum atomic E-state index is 14.7. The first kappa shape index (κ1) is 40.9. The number of rotatable bonds is 7. The van der Waals surface area contributed by atoms with E-state index in [0.29, 0.717) is 50.7 Å². The average molecular weight is 859 g/mol. The Bertz CT molecular complexity index is 3590. The summed E-state index contributed by atoms with van der Waals surface area (Å²) in [4.78, 5) is 17.4. The topological polar surface area (TPSA) is 63.2 Å².